The van der Waals surface area contributed by atoms with E-state index in [1.807, 2.05) is 24.3 Å². The molecule has 0 aliphatic carbocycles. The Bertz CT molecular complexity index is 1040. The summed E-state index contributed by atoms with van der Waals surface area (Å²) in [6, 6.07) is 15.9. The zero-order chi connectivity index (χ0) is 16.7. The number of nitriles is 1. The molecule has 1 unspecified atom stereocenters. The van der Waals surface area contributed by atoms with E-state index in [0.29, 0.717) is 22.4 Å². The summed E-state index contributed by atoms with van der Waals surface area (Å²) < 4.78 is 20.1. The lowest BCUT2D eigenvalue weighted by atomic mass is 9.83. The van der Waals surface area contributed by atoms with Crippen molar-refractivity contribution >= 4 is 10.9 Å². The van der Waals surface area contributed by atoms with Gasteiger partial charge in [-0.2, -0.15) is 5.26 Å². The Kier molecular flexibility index (Phi) is 3.17. The first-order valence-corrected chi connectivity index (χ1v) is 7.40. The highest BCUT2D eigenvalue weighted by Crippen LogP contribution is 2.45. The maximum atomic E-state index is 14.4. The lowest BCUT2D eigenvalue weighted by Gasteiger charge is -2.27. The SMILES string of the molecule is N#CC1=C(N)Oc2c(ccc3cccnc23)C1c1ccccc1F. The molecule has 2 N–H and O–H groups in total. The minimum atomic E-state index is -0.619. The molecule has 0 saturated heterocycles. The third kappa shape index (κ3) is 2.01. The van der Waals surface area contributed by atoms with Crippen molar-refractivity contribution in [2.75, 3.05) is 0 Å². The topological polar surface area (TPSA) is 71.9 Å². The lowest BCUT2D eigenvalue weighted by Crippen LogP contribution is -2.22. The number of hydrogen-bond donors (Lipinski definition) is 1. The molecule has 0 amide bonds. The van der Waals surface area contributed by atoms with Crippen LogP contribution in [0.2, 0.25) is 0 Å². The molecule has 0 saturated carbocycles. The number of allylic oxidation sites excluding steroid dienone is 1. The van der Waals surface area contributed by atoms with E-state index in [9.17, 15) is 9.65 Å². The molecule has 4 nitrogen and oxygen atoms in total. The van der Waals surface area contributed by atoms with Crippen LogP contribution < -0.4 is 10.5 Å². The first kappa shape index (κ1) is 14.2. The fraction of sp³-hybridized carbons (Fsp3) is 0.0526. The number of halogens is 1. The fourth-order valence-corrected chi connectivity index (χ4v) is 3.08. The number of rotatable bonds is 1. The largest absolute Gasteiger partial charge is 0.438 e. The molecule has 5 heteroatoms. The molecule has 0 fully saturated rings. The van der Waals surface area contributed by atoms with Crippen molar-refractivity contribution in [3.05, 3.63) is 83.1 Å². The molecule has 4 rings (SSSR count). The van der Waals surface area contributed by atoms with Crippen molar-refractivity contribution in [3.63, 3.8) is 0 Å². The first-order valence-electron chi connectivity index (χ1n) is 7.40. The van der Waals surface area contributed by atoms with Crippen molar-refractivity contribution in [2.24, 2.45) is 5.73 Å². The van der Waals surface area contributed by atoms with Crippen LogP contribution in [-0.2, 0) is 0 Å². The van der Waals surface area contributed by atoms with Gasteiger partial charge in [-0.15, -0.1) is 0 Å². The van der Waals surface area contributed by atoms with Crippen LogP contribution in [0.25, 0.3) is 10.9 Å². The standard InChI is InChI=1S/C19H12FN3O/c20-15-6-2-1-5-12(15)16-13-8-7-11-4-3-9-23-17(11)18(13)24-19(22)14(16)10-21/h1-9,16H,22H2. The minimum absolute atomic E-state index is 0.0172. The zero-order valence-electron chi connectivity index (χ0n) is 12.5. The minimum Gasteiger partial charge on any atom is -0.438 e. The number of ether oxygens (including phenoxy) is 1. The van der Waals surface area contributed by atoms with Gasteiger partial charge in [-0.25, -0.2) is 4.39 Å². The van der Waals surface area contributed by atoms with Crippen LogP contribution in [0.4, 0.5) is 4.39 Å². The highest BCUT2D eigenvalue weighted by atomic mass is 19.1. The summed E-state index contributed by atoms with van der Waals surface area (Å²) in [6.07, 6.45) is 1.66. The average Bonchev–Trinajstić information content (AvgIpc) is 2.61. The number of hydrogen-bond acceptors (Lipinski definition) is 4. The van der Waals surface area contributed by atoms with Gasteiger partial charge in [0.15, 0.2) is 5.75 Å². The van der Waals surface area contributed by atoms with E-state index in [2.05, 4.69) is 11.1 Å². The molecule has 2 heterocycles. The Morgan fingerprint density at radius 2 is 1.92 bits per heavy atom. The smallest absolute Gasteiger partial charge is 0.205 e. The normalized spacial score (nSPS) is 16.4. The molecule has 1 aromatic heterocycles. The summed E-state index contributed by atoms with van der Waals surface area (Å²) in [5, 5.41) is 10.4. The second-order valence-electron chi connectivity index (χ2n) is 5.51. The van der Waals surface area contributed by atoms with E-state index >= 15 is 0 Å². The van der Waals surface area contributed by atoms with E-state index in [1.165, 1.54) is 6.07 Å². The average molecular weight is 317 g/mol. The summed E-state index contributed by atoms with van der Waals surface area (Å²) in [6.45, 7) is 0. The van der Waals surface area contributed by atoms with Gasteiger partial charge in [-0.3, -0.25) is 4.98 Å². The van der Waals surface area contributed by atoms with Gasteiger partial charge in [-0.1, -0.05) is 36.4 Å². The maximum absolute atomic E-state index is 14.4. The van der Waals surface area contributed by atoms with Crippen LogP contribution in [0.5, 0.6) is 5.75 Å². The van der Waals surface area contributed by atoms with E-state index < -0.39 is 11.7 Å². The second-order valence-corrected chi connectivity index (χ2v) is 5.51. The molecule has 1 aliphatic rings. The van der Waals surface area contributed by atoms with E-state index in [0.717, 1.165) is 5.39 Å². The lowest BCUT2D eigenvalue weighted by molar-refractivity contribution is 0.396. The summed E-state index contributed by atoms with van der Waals surface area (Å²) in [4.78, 5) is 4.35. The van der Waals surface area contributed by atoms with Crippen molar-refractivity contribution in [2.45, 2.75) is 5.92 Å². The maximum Gasteiger partial charge on any atom is 0.205 e. The van der Waals surface area contributed by atoms with Crippen LogP contribution in [0.1, 0.15) is 17.0 Å². The van der Waals surface area contributed by atoms with Crippen LogP contribution in [-0.4, -0.2) is 4.98 Å². The van der Waals surface area contributed by atoms with Crippen molar-refractivity contribution < 1.29 is 9.13 Å². The van der Waals surface area contributed by atoms with E-state index in [1.54, 1.807) is 24.4 Å². The van der Waals surface area contributed by atoms with Crippen LogP contribution in [0, 0.1) is 17.1 Å². The highest BCUT2D eigenvalue weighted by Gasteiger charge is 2.33. The van der Waals surface area contributed by atoms with Gasteiger partial charge in [0.05, 0.1) is 5.92 Å². The Morgan fingerprint density at radius 3 is 2.71 bits per heavy atom. The third-order valence-corrected chi connectivity index (χ3v) is 4.17. The van der Waals surface area contributed by atoms with Crippen LogP contribution >= 0.6 is 0 Å². The highest BCUT2D eigenvalue weighted by molar-refractivity contribution is 5.87. The van der Waals surface area contributed by atoms with E-state index in [-0.39, 0.29) is 11.5 Å². The van der Waals surface area contributed by atoms with Gasteiger partial charge in [0.1, 0.15) is 23.0 Å². The van der Waals surface area contributed by atoms with Crippen molar-refractivity contribution in [1.29, 1.82) is 5.26 Å². The molecular formula is C19H12FN3O. The van der Waals surface area contributed by atoms with E-state index in [4.69, 9.17) is 10.5 Å². The number of pyridine rings is 1. The van der Waals surface area contributed by atoms with Gasteiger partial charge in [-0.05, 0) is 12.1 Å². The van der Waals surface area contributed by atoms with Gasteiger partial charge < -0.3 is 10.5 Å². The van der Waals surface area contributed by atoms with Gasteiger partial charge in [0, 0.05) is 22.7 Å². The molecule has 2 aromatic carbocycles. The van der Waals surface area contributed by atoms with Crippen molar-refractivity contribution in [1.82, 2.24) is 4.98 Å². The molecule has 1 aliphatic heterocycles. The molecule has 0 spiro atoms. The fourth-order valence-electron chi connectivity index (χ4n) is 3.08. The second kappa shape index (κ2) is 5.36. The van der Waals surface area contributed by atoms with Gasteiger partial charge >= 0.3 is 0 Å². The summed E-state index contributed by atoms with van der Waals surface area (Å²) in [5.74, 6) is -0.558. The summed E-state index contributed by atoms with van der Waals surface area (Å²) in [5.41, 5.74) is 7.85. The predicted octanol–water partition coefficient (Wildman–Crippen LogP) is 3.59. The van der Waals surface area contributed by atoms with Gasteiger partial charge in [0.2, 0.25) is 5.88 Å². The number of nitrogens with two attached hydrogens (primary N) is 1. The Hall–Kier alpha value is -3.39. The predicted molar refractivity (Wildman–Crippen MR) is 87.4 cm³/mol. The first-order chi connectivity index (χ1) is 11.7. The summed E-state index contributed by atoms with van der Waals surface area (Å²) >= 11 is 0. The van der Waals surface area contributed by atoms with Gasteiger partial charge in [0.25, 0.3) is 0 Å². The Labute approximate surface area is 137 Å². The summed E-state index contributed by atoms with van der Waals surface area (Å²) in [7, 11) is 0. The molecule has 116 valence electrons. The Balaban J connectivity index is 2.05. The molecular weight excluding hydrogens is 305 g/mol. The third-order valence-electron chi connectivity index (χ3n) is 4.17. The van der Waals surface area contributed by atoms with Crippen LogP contribution in [0.3, 0.4) is 0 Å². The number of nitrogens with zero attached hydrogens (tertiary/aromatic N) is 2. The molecule has 1 atom stereocenters. The molecule has 0 radical (unpaired) electrons. The molecule has 24 heavy (non-hydrogen) atoms. The zero-order valence-corrected chi connectivity index (χ0v) is 12.5. The number of benzene rings is 2. The monoisotopic (exact) mass is 317 g/mol. The number of aromatic nitrogens is 1. The Morgan fingerprint density at radius 1 is 1.08 bits per heavy atom. The molecule has 3 aromatic rings. The van der Waals surface area contributed by atoms with Crippen molar-refractivity contribution in [3.8, 4) is 11.8 Å². The number of fused-ring (bicyclic) bond motifs is 3. The quantitative estimate of drug-likeness (QED) is 0.744. The van der Waals surface area contributed by atoms with Crippen LogP contribution in [0.15, 0.2) is 66.2 Å². The molecule has 0 bridgehead atoms.